The summed E-state index contributed by atoms with van der Waals surface area (Å²) in [5.74, 6) is -1.12. The maximum atomic E-state index is 13.5. The smallest absolute Gasteiger partial charge is 0.239 e. The van der Waals surface area contributed by atoms with Crippen LogP contribution in [0.15, 0.2) is 48.5 Å². The molecule has 0 bridgehead atoms. The van der Waals surface area contributed by atoms with Gasteiger partial charge in [-0.05, 0) is 18.2 Å². The van der Waals surface area contributed by atoms with E-state index in [-0.39, 0.29) is 5.56 Å². The molecule has 2 N–H and O–H groups in total. The quantitative estimate of drug-likeness (QED) is 0.797. The van der Waals surface area contributed by atoms with Crippen LogP contribution < -0.4 is 14.8 Å². The summed E-state index contributed by atoms with van der Waals surface area (Å²) in [7, 11) is -2.34. The Morgan fingerprint density at radius 2 is 1.92 bits per heavy atom. The lowest BCUT2D eigenvalue weighted by atomic mass is 10.2. The van der Waals surface area contributed by atoms with Crippen molar-refractivity contribution in [3.8, 4) is 5.75 Å². The molecule has 0 heterocycles. The number of methoxy groups -OCH3 is 1. The molecule has 0 atom stereocenters. The van der Waals surface area contributed by atoms with E-state index in [4.69, 9.17) is 4.74 Å². The van der Waals surface area contributed by atoms with Crippen LogP contribution in [0.2, 0.25) is 0 Å². The van der Waals surface area contributed by atoms with E-state index in [1.165, 1.54) is 25.3 Å². The maximum Gasteiger partial charge on any atom is 0.239 e. The number of sulfonamides is 1. The van der Waals surface area contributed by atoms with Gasteiger partial charge in [-0.1, -0.05) is 24.3 Å². The van der Waals surface area contributed by atoms with Crippen molar-refractivity contribution in [2.24, 2.45) is 0 Å². The van der Waals surface area contributed by atoms with Crippen LogP contribution in [0.25, 0.3) is 0 Å². The molecule has 0 saturated carbocycles. The Kier molecular flexibility index (Phi) is 5.88. The van der Waals surface area contributed by atoms with Gasteiger partial charge in [-0.25, -0.2) is 17.5 Å². The number of hydrogen-bond acceptors (Lipinski definition) is 4. The predicted molar refractivity (Wildman–Crippen MR) is 88.7 cm³/mol. The molecule has 2 aromatic rings. The highest BCUT2D eigenvalue weighted by atomic mass is 32.2. The average molecular weight is 352 g/mol. The third kappa shape index (κ3) is 5.32. The predicted octanol–water partition coefficient (Wildman–Crippen LogP) is 1.89. The number of rotatable bonds is 7. The Labute approximate surface area is 139 Å². The standard InChI is InChI=1S/C16H17FN2O4S/c1-23-14-7-4-6-13(9-14)19-16(20)10-18-24(21,22)11-12-5-2-3-8-15(12)17/h2-9,18H,10-11H2,1H3,(H,19,20). The van der Waals surface area contributed by atoms with Gasteiger partial charge in [-0.15, -0.1) is 0 Å². The van der Waals surface area contributed by atoms with E-state index in [0.29, 0.717) is 11.4 Å². The molecule has 0 aliphatic rings. The van der Waals surface area contributed by atoms with E-state index in [9.17, 15) is 17.6 Å². The first-order chi connectivity index (χ1) is 11.4. The molecule has 0 radical (unpaired) electrons. The topological polar surface area (TPSA) is 84.5 Å². The van der Waals surface area contributed by atoms with E-state index in [1.807, 2.05) is 0 Å². The Balaban J connectivity index is 1.91. The highest BCUT2D eigenvalue weighted by Crippen LogP contribution is 2.16. The van der Waals surface area contributed by atoms with Gasteiger partial charge in [0.05, 0.1) is 19.4 Å². The van der Waals surface area contributed by atoms with Crippen molar-refractivity contribution in [1.82, 2.24) is 4.72 Å². The van der Waals surface area contributed by atoms with Crippen LogP contribution in [-0.4, -0.2) is 28.0 Å². The minimum Gasteiger partial charge on any atom is -0.497 e. The maximum absolute atomic E-state index is 13.5. The Morgan fingerprint density at radius 1 is 1.17 bits per heavy atom. The monoisotopic (exact) mass is 352 g/mol. The lowest BCUT2D eigenvalue weighted by molar-refractivity contribution is -0.115. The molecule has 2 aromatic carbocycles. The molecule has 0 aliphatic heterocycles. The summed E-state index contributed by atoms with van der Waals surface area (Å²) in [5.41, 5.74) is 0.519. The van der Waals surface area contributed by atoms with E-state index in [2.05, 4.69) is 10.0 Å². The zero-order valence-electron chi connectivity index (χ0n) is 13.0. The highest BCUT2D eigenvalue weighted by Gasteiger charge is 2.15. The molecule has 0 fully saturated rings. The SMILES string of the molecule is COc1cccc(NC(=O)CNS(=O)(=O)Cc2ccccc2F)c1. The Bertz CT molecular complexity index is 824. The summed E-state index contributed by atoms with van der Waals surface area (Å²) in [5, 5.41) is 2.54. The zero-order valence-corrected chi connectivity index (χ0v) is 13.8. The molecule has 0 spiro atoms. The fraction of sp³-hybridized carbons (Fsp3) is 0.188. The highest BCUT2D eigenvalue weighted by molar-refractivity contribution is 7.88. The third-order valence-corrected chi connectivity index (χ3v) is 4.38. The minimum absolute atomic E-state index is 0.0400. The molecule has 2 rings (SSSR count). The van der Waals surface area contributed by atoms with Gasteiger partial charge in [0.1, 0.15) is 11.6 Å². The molecule has 128 valence electrons. The number of halogens is 1. The minimum atomic E-state index is -3.83. The van der Waals surface area contributed by atoms with Gasteiger partial charge in [0.2, 0.25) is 15.9 Å². The lowest BCUT2D eigenvalue weighted by Crippen LogP contribution is -2.33. The van der Waals surface area contributed by atoms with Crippen molar-refractivity contribution in [2.75, 3.05) is 19.0 Å². The fourth-order valence-corrected chi connectivity index (χ4v) is 3.05. The molecule has 0 unspecified atom stereocenters. The van der Waals surface area contributed by atoms with Crippen molar-refractivity contribution in [1.29, 1.82) is 0 Å². The molecule has 0 aromatic heterocycles. The molecule has 24 heavy (non-hydrogen) atoms. The molecule has 0 aliphatic carbocycles. The second-order valence-corrected chi connectivity index (χ2v) is 6.76. The summed E-state index contributed by atoms with van der Waals surface area (Å²) >= 11 is 0. The number of carbonyl (C=O) groups is 1. The first-order valence-corrected chi connectivity index (χ1v) is 8.69. The summed E-state index contributed by atoms with van der Waals surface area (Å²) in [6.45, 7) is -0.450. The number of ether oxygens (including phenoxy) is 1. The van der Waals surface area contributed by atoms with Crippen LogP contribution in [0.5, 0.6) is 5.75 Å². The first kappa shape index (κ1) is 17.9. The van der Waals surface area contributed by atoms with Crippen LogP contribution in [0.4, 0.5) is 10.1 Å². The van der Waals surface area contributed by atoms with E-state index < -0.39 is 34.0 Å². The number of benzene rings is 2. The van der Waals surface area contributed by atoms with Crippen LogP contribution in [-0.2, 0) is 20.6 Å². The molecule has 6 nitrogen and oxygen atoms in total. The third-order valence-electron chi connectivity index (χ3n) is 3.11. The Morgan fingerprint density at radius 3 is 2.62 bits per heavy atom. The van der Waals surface area contributed by atoms with Crippen molar-refractivity contribution in [3.63, 3.8) is 0 Å². The van der Waals surface area contributed by atoms with E-state index in [0.717, 1.165) is 0 Å². The number of carbonyl (C=O) groups excluding carboxylic acids is 1. The molecule has 8 heteroatoms. The summed E-state index contributed by atoms with van der Waals surface area (Å²) in [6.07, 6.45) is 0. The fourth-order valence-electron chi connectivity index (χ4n) is 1.95. The van der Waals surface area contributed by atoms with Gasteiger partial charge in [0.15, 0.2) is 0 Å². The lowest BCUT2D eigenvalue weighted by Gasteiger charge is -2.09. The second-order valence-electron chi connectivity index (χ2n) is 4.95. The molecule has 0 saturated heterocycles. The van der Waals surface area contributed by atoms with Crippen LogP contribution in [0.1, 0.15) is 5.56 Å². The first-order valence-electron chi connectivity index (χ1n) is 7.04. The van der Waals surface area contributed by atoms with Gasteiger partial charge in [0, 0.05) is 17.3 Å². The van der Waals surface area contributed by atoms with Crippen molar-refractivity contribution < 1.29 is 22.3 Å². The number of nitrogens with one attached hydrogen (secondary N) is 2. The van der Waals surface area contributed by atoms with Gasteiger partial charge in [0.25, 0.3) is 0 Å². The van der Waals surface area contributed by atoms with Crippen LogP contribution >= 0.6 is 0 Å². The number of amides is 1. The summed E-state index contributed by atoms with van der Waals surface area (Å²) in [4.78, 5) is 11.8. The van der Waals surface area contributed by atoms with Crippen molar-refractivity contribution >= 4 is 21.6 Å². The number of anilines is 1. The molecule has 1 amide bonds. The molecular formula is C16H17FN2O4S. The van der Waals surface area contributed by atoms with Gasteiger partial charge in [-0.2, -0.15) is 0 Å². The van der Waals surface area contributed by atoms with Crippen LogP contribution in [0, 0.1) is 5.82 Å². The zero-order chi connectivity index (χ0) is 17.6. The normalized spacial score (nSPS) is 11.1. The van der Waals surface area contributed by atoms with E-state index >= 15 is 0 Å². The largest absolute Gasteiger partial charge is 0.497 e. The summed E-state index contributed by atoms with van der Waals surface area (Å²) < 4.78 is 44.5. The van der Waals surface area contributed by atoms with Crippen molar-refractivity contribution in [2.45, 2.75) is 5.75 Å². The molecular weight excluding hydrogens is 335 g/mol. The van der Waals surface area contributed by atoms with Gasteiger partial charge in [-0.3, -0.25) is 4.79 Å². The van der Waals surface area contributed by atoms with Gasteiger partial charge >= 0.3 is 0 Å². The Hall–Kier alpha value is -2.45. The van der Waals surface area contributed by atoms with E-state index in [1.54, 1.807) is 30.3 Å². The van der Waals surface area contributed by atoms with Gasteiger partial charge < -0.3 is 10.1 Å². The second kappa shape index (κ2) is 7.89. The number of hydrogen-bond donors (Lipinski definition) is 2. The summed E-state index contributed by atoms with van der Waals surface area (Å²) in [6, 6.07) is 12.2. The average Bonchev–Trinajstić information content (AvgIpc) is 2.55. The van der Waals surface area contributed by atoms with Crippen LogP contribution in [0.3, 0.4) is 0 Å². The van der Waals surface area contributed by atoms with Crippen molar-refractivity contribution in [3.05, 3.63) is 59.9 Å².